The molecule has 3 aromatic rings. The van der Waals surface area contributed by atoms with Crippen molar-refractivity contribution >= 4 is 27.5 Å². The Morgan fingerprint density at radius 1 is 0.872 bits per heavy atom. The highest BCUT2D eigenvalue weighted by Gasteiger charge is 2.34. The molecule has 0 bridgehead atoms. The van der Waals surface area contributed by atoms with Gasteiger partial charge in [0.25, 0.3) is 10.0 Å². The summed E-state index contributed by atoms with van der Waals surface area (Å²) in [5.74, 6) is -0.689. The van der Waals surface area contributed by atoms with Gasteiger partial charge in [-0.05, 0) is 55.5 Å². The molecule has 3 aromatic carbocycles. The zero-order valence-corrected chi connectivity index (χ0v) is 24.1. The summed E-state index contributed by atoms with van der Waals surface area (Å²) in [5, 5.41) is 2.91. The van der Waals surface area contributed by atoms with Crippen molar-refractivity contribution in [2.45, 2.75) is 64.4 Å². The first kappa shape index (κ1) is 29.9. The standard InChI is InChI=1S/C31H39N3O4S/c1-5-21-32-31(36)28(7-3)33(22-25-19-17-24(4)18-20-25)30(35)23-34(29-16-12-11-13-26(29)6-2)39(37,38)27-14-9-8-10-15-27/h8-20,28H,5-7,21-23H2,1-4H3,(H,32,36)/t28-/m0/s1. The minimum absolute atomic E-state index is 0.0986. The highest BCUT2D eigenvalue weighted by molar-refractivity contribution is 7.92. The topological polar surface area (TPSA) is 86.8 Å². The molecule has 0 saturated heterocycles. The summed E-state index contributed by atoms with van der Waals surface area (Å²) in [7, 11) is -4.08. The van der Waals surface area contributed by atoms with Crippen LogP contribution in [0.3, 0.4) is 0 Å². The predicted octanol–water partition coefficient (Wildman–Crippen LogP) is 5.09. The molecule has 0 unspecified atom stereocenters. The number of nitrogens with zero attached hydrogens (tertiary/aromatic N) is 2. The molecular formula is C31H39N3O4S. The molecule has 7 nitrogen and oxygen atoms in total. The Labute approximate surface area is 232 Å². The molecule has 0 heterocycles. The van der Waals surface area contributed by atoms with E-state index in [1.54, 1.807) is 30.3 Å². The molecule has 39 heavy (non-hydrogen) atoms. The summed E-state index contributed by atoms with van der Waals surface area (Å²) >= 11 is 0. The van der Waals surface area contributed by atoms with Crippen molar-refractivity contribution in [3.63, 3.8) is 0 Å². The molecule has 0 aromatic heterocycles. The third kappa shape index (κ3) is 7.47. The molecule has 208 valence electrons. The number of hydrogen-bond donors (Lipinski definition) is 1. The fourth-order valence-corrected chi connectivity index (χ4v) is 5.93. The first-order valence-corrected chi connectivity index (χ1v) is 14.9. The Morgan fingerprint density at radius 3 is 2.13 bits per heavy atom. The molecule has 2 amide bonds. The van der Waals surface area contributed by atoms with E-state index in [-0.39, 0.29) is 17.3 Å². The zero-order valence-electron chi connectivity index (χ0n) is 23.3. The summed E-state index contributed by atoms with van der Waals surface area (Å²) in [6, 6.07) is 22.4. The van der Waals surface area contributed by atoms with E-state index < -0.39 is 28.5 Å². The average Bonchev–Trinajstić information content (AvgIpc) is 2.95. The van der Waals surface area contributed by atoms with E-state index in [0.717, 1.165) is 23.1 Å². The predicted molar refractivity (Wildman–Crippen MR) is 156 cm³/mol. The lowest BCUT2D eigenvalue weighted by molar-refractivity contribution is -0.140. The van der Waals surface area contributed by atoms with E-state index in [1.807, 2.05) is 64.1 Å². The van der Waals surface area contributed by atoms with Gasteiger partial charge in [-0.3, -0.25) is 13.9 Å². The molecule has 3 rings (SSSR count). The summed E-state index contributed by atoms with van der Waals surface area (Å²) in [6.45, 7) is 8.01. The monoisotopic (exact) mass is 549 g/mol. The Hall–Kier alpha value is -3.65. The summed E-state index contributed by atoms with van der Waals surface area (Å²) in [6.07, 6.45) is 1.75. The van der Waals surface area contributed by atoms with Gasteiger partial charge in [-0.1, -0.05) is 87.0 Å². The maximum absolute atomic E-state index is 14.1. The van der Waals surface area contributed by atoms with Crippen molar-refractivity contribution in [2.75, 3.05) is 17.4 Å². The van der Waals surface area contributed by atoms with Crippen LogP contribution in [0.4, 0.5) is 5.69 Å². The minimum Gasteiger partial charge on any atom is -0.354 e. The van der Waals surface area contributed by atoms with Gasteiger partial charge < -0.3 is 10.2 Å². The smallest absolute Gasteiger partial charge is 0.264 e. The molecule has 0 aliphatic carbocycles. The maximum Gasteiger partial charge on any atom is 0.264 e. The van der Waals surface area contributed by atoms with Crippen LogP contribution in [-0.2, 0) is 32.6 Å². The quantitative estimate of drug-likeness (QED) is 0.322. The molecule has 0 fully saturated rings. The van der Waals surface area contributed by atoms with E-state index in [9.17, 15) is 18.0 Å². The Kier molecular flexibility index (Phi) is 10.7. The number of anilines is 1. The fourth-order valence-electron chi connectivity index (χ4n) is 4.46. The first-order valence-electron chi connectivity index (χ1n) is 13.5. The van der Waals surface area contributed by atoms with Gasteiger partial charge in [-0.25, -0.2) is 8.42 Å². The van der Waals surface area contributed by atoms with Crippen molar-refractivity contribution in [2.24, 2.45) is 0 Å². The van der Waals surface area contributed by atoms with Gasteiger partial charge in [0, 0.05) is 13.1 Å². The number of sulfonamides is 1. The van der Waals surface area contributed by atoms with Crippen LogP contribution in [0, 0.1) is 6.92 Å². The van der Waals surface area contributed by atoms with E-state index in [1.165, 1.54) is 21.3 Å². The lowest BCUT2D eigenvalue weighted by Gasteiger charge is -2.33. The molecule has 0 spiro atoms. The summed E-state index contributed by atoms with van der Waals surface area (Å²) in [4.78, 5) is 28.9. The number of para-hydroxylation sites is 1. The minimum atomic E-state index is -4.08. The number of carbonyl (C=O) groups is 2. The van der Waals surface area contributed by atoms with Gasteiger partial charge in [0.1, 0.15) is 12.6 Å². The SMILES string of the molecule is CCCNC(=O)[C@H](CC)N(Cc1ccc(C)cc1)C(=O)CN(c1ccccc1CC)S(=O)(=O)c1ccccc1. The van der Waals surface area contributed by atoms with Crippen LogP contribution in [0.25, 0.3) is 0 Å². The second-order valence-corrected chi connectivity index (χ2v) is 11.4. The molecule has 1 atom stereocenters. The number of nitrogens with one attached hydrogen (secondary N) is 1. The largest absolute Gasteiger partial charge is 0.354 e. The van der Waals surface area contributed by atoms with Gasteiger partial charge in [0.2, 0.25) is 11.8 Å². The Morgan fingerprint density at radius 2 is 1.51 bits per heavy atom. The number of aryl methyl sites for hydroxylation is 2. The number of hydrogen-bond acceptors (Lipinski definition) is 4. The first-order chi connectivity index (χ1) is 18.7. The van der Waals surface area contributed by atoms with Gasteiger partial charge in [-0.2, -0.15) is 0 Å². The highest BCUT2D eigenvalue weighted by atomic mass is 32.2. The zero-order chi connectivity index (χ0) is 28.4. The molecule has 0 aliphatic rings. The normalized spacial score (nSPS) is 12.0. The highest BCUT2D eigenvalue weighted by Crippen LogP contribution is 2.28. The van der Waals surface area contributed by atoms with Crippen LogP contribution in [0.15, 0.2) is 83.8 Å². The van der Waals surface area contributed by atoms with Crippen LogP contribution in [0.5, 0.6) is 0 Å². The van der Waals surface area contributed by atoms with Crippen molar-refractivity contribution in [3.8, 4) is 0 Å². The van der Waals surface area contributed by atoms with Crippen LogP contribution < -0.4 is 9.62 Å². The number of benzene rings is 3. The Balaban J connectivity index is 2.07. The van der Waals surface area contributed by atoms with Crippen molar-refractivity contribution < 1.29 is 18.0 Å². The molecule has 0 aliphatic heterocycles. The summed E-state index contributed by atoms with van der Waals surface area (Å²) < 4.78 is 29.1. The van der Waals surface area contributed by atoms with Crippen molar-refractivity contribution in [1.29, 1.82) is 0 Å². The van der Waals surface area contributed by atoms with E-state index in [4.69, 9.17) is 0 Å². The van der Waals surface area contributed by atoms with E-state index in [0.29, 0.717) is 25.1 Å². The number of rotatable bonds is 13. The van der Waals surface area contributed by atoms with Crippen LogP contribution >= 0.6 is 0 Å². The second-order valence-electron chi connectivity index (χ2n) is 9.53. The molecule has 8 heteroatoms. The van der Waals surface area contributed by atoms with Gasteiger partial charge >= 0.3 is 0 Å². The molecule has 0 radical (unpaired) electrons. The molecule has 1 N–H and O–H groups in total. The number of amides is 2. The lowest BCUT2D eigenvalue weighted by atomic mass is 10.1. The molecule has 0 saturated carbocycles. The maximum atomic E-state index is 14.1. The van der Waals surface area contributed by atoms with Crippen LogP contribution in [0.2, 0.25) is 0 Å². The van der Waals surface area contributed by atoms with Crippen LogP contribution in [-0.4, -0.2) is 44.3 Å². The van der Waals surface area contributed by atoms with E-state index in [2.05, 4.69) is 5.32 Å². The van der Waals surface area contributed by atoms with Gasteiger partial charge in [0.05, 0.1) is 10.6 Å². The number of carbonyl (C=O) groups excluding carboxylic acids is 2. The van der Waals surface area contributed by atoms with Crippen molar-refractivity contribution in [1.82, 2.24) is 10.2 Å². The molecular weight excluding hydrogens is 510 g/mol. The third-order valence-corrected chi connectivity index (χ3v) is 8.43. The van der Waals surface area contributed by atoms with E-state index >= 15 is 0 Å². The van der Waals surface area contributed by atoms with Crippen molar-refractivity contribution in [3.05, 3.63) is 95.6 Å². The lowest BCUT2D eigenvalue weighted by Crippen LogP contribution is -2.52. The van der Waals surface area contributed by atoms with Gasteiger partial charge in [0.15, 0.2) is 0 Å². The van der Waals surface area contributed by atoms with Crippen LogP contribution in [0.1, 0.15) is 50.3 Å². The van der Waals surface area contributed by atoms with Gasteiger partial charge in [-0.15, -0.1) is 0 Å². The average molecular weight is 550 g/mol. The third-order valence-electron chi connectivity index (χ3n) is 6.66. The Bertz CT molecular complexity index is 1340. The summed E-state index contributed by atoms with van der Waals surface area (Å²) in [5.41, 5.74) is 3.21. The fraction of sp³-hybridized carbons (Fsp3) is 0.355. The second kappa shape index (κ2) is 13.9.